The van der Waals surface area contributed by atoms with E-state index in [1.807, 2.05) is 44.2 Å². The molecule has 1 aliphatic heterocycles. The normalized spacial score (nSPS) is 17.9. The van der Waals surface area contributed by atoms with E-state index in [9.17, 15) is 14.7 Å². The first-order valence-corrected chi connectivity index (χ1v) is 13.0. The van der Waals surface area contributed by atoms with E-state index < -0.39 is 24.0 Å². The van der Waals surface area contributed by atoms with Gasteiger partial charge in [-0.2, -0.15) is 0 Å². The molecule has 0 saturated heterocycles. The molecule has 4 rings (SSSR count). The Morgan fingerprint density at radius 3 is 2.47 bits per heavy atom. The molecule has 0 aromatic heterocycles. The van der Waals surface area contributed by atoms with E-state index >= 15 is 0 Å². The van der Waals surface area contributed by atoms with Crippen LogP contribution in [0.25, 0.3) is 0 Å². The lowest BCUT2D eigenvalue weighted by molar-refractivity contribution is -0.150. The number of nitrogens with one attached hydrogen (secondary N) is 1. The first-order chi connectivity index (χ1) is 17.4. The number of benzene rings is 2. The van der Waals surface area contributed by atoms with Gasteiger partial charge in [0.25, 0.3) is 0 Å². The molecule has 0 bridgehead atoms. The van der Waals surface area contributed by atoms with Gasteiger partial charge in [-0.3, -0.25) is 4.79 Å². The summed E-state index contributed by atoms with van der Waals surface area (Å²) < 4.78 is 16.5. The van der Waals surface area contributed by atoms with Gasteiger partial charge in [-0.15, -0.1) is 0 Å². The highest BCUT2D eigenvalue weighted by atomic mass is 16.7. The summed E-state index contributed by atoms with van der Waals surface area (Å²) in [7, 11) is 0. The molecular weight excluding hydrogens is 458 g/mol. The van der Waals surface area contributed by atoms with Crippen molar-refractivity contribution in [1.29, 1.82) is 0 Å². The van der Waals surface area contributed by atoms with Crippen LogP contribution in [0.3, 0.4) is 0 Å². The Labute approximate surface area is 213 Å². The maximum atomic E-state index is 13.7. The Kier molecular flexibility index (Phi) is 8.86. The van der Waals surface area contributed by atoms with Gasteiger partial charge < -0.3 is 24.6 Å². The minimum Gasteiger partial charge on any atom is -0.459 e. The van der Waals surface area contributed by atoms with Crippen LogP contribution in [-0.2, 0) is 20.9 Å². The SMILES string of the molecule is CC(C)C[C@H](NC(=O)C(c1ccc2c(c1)OCO2)C(O)C1CCCCC1)C(=O)OCc1ccccc1. The first kappa shape index (κ1) is 26.0. The largest absolute Gasteiger partial charge is 0.459 e. The molecule has 1 fully saturated rings. The van der Waals surface area contributed by atoms with Crippen LogP contribution >= 0.6 is 0 Å². The van der Waals surface area contributed by atoms with Crippen LogP contribution in [0.4, 0.5) is 0 Å². The summed E-state index contributed by atoms with van der Waals surface area (Å²) in [5.74, 6) is -0.333. The molecule has 7 nitrogen and oxygen atoms in total. The van der Waals surface area contributed by atoms with Crippen molar-refractivity contribution >= 4 is 11.9 Å². The minimum atomic E-state index is -0.870. The Bertz CT molecular complexity index is 1020. The summed E-state index contributed by atoms with van der Waals surface area (Å²) in [6, 6.07) is 14.0. The van der Waals surface area contributed by atoms with Crippen molar-refractivity contribution in [2.75, 3.05) is 6.79 Å². The number of hydrogen-bond donors (Lipinski definition) is 2. The number of carbonyl (C=O) groups excluding carboxylic acids is 2. The van der Waals surface area contributed by atoms with E-state index in [1.165, 1.54) is 0 Å². The van der Waals surface area contributed by atoms with E-state index in [-0.39, 0.29) is 31.1 Å². The van der Waals surface area contributed by atoms with Crippen LogP contribution in [-0.4, -0.2) is 35.9 Å². The lowest BCUT2D eigenvalue weighted by Crippen LogP contribution is -2.47. The average Bonchev–Trinajstić information content (AvgIpc) is 3.36. The predicted molar refractivity (Wildman–Crippen MR) is 136 cm³/mol. The lowest BCUT2D eigenvalue weighted by Gasteiger charge is -2.33. The number of fused-ring (bicyclic) bond motifs is 1. The average molecular weight is 496 g/mol. The van der Waals surface area contributed by atoms with Gasteiger partial charge in [-0.25, -0.2) is 4.79 Å². The molecule has 2 aromatic rings. The molecule has 1 saturated carbocycles. The molecule has 2 aromatic carbocycles. The fraction of sp³-hybridized carbons (Fsp3) is 0.517. The van der Waals surface area contributed by atoms with Crippen LogP contribution in [0.2, 0.25) is 0 Å². The lowest BCUT2D eigenvalue weighted by atomic mass is 9.77. The summed E-state index contributed by atoms with van der Waals surface area (Å²) in [6.45, 7) is 4.26. The molecule has 1 amide bonds. The van der Waals surface area contributed by atoms with Gasteiger partial charge in [0.15, 0.2) is 11.5 Å². The number of hydrogen-bond acceptors (Lipinski definition) is 6. The fourth-order valence-electron chi connectivity index (χ4n) is 5.13. The first-order valence-electron chi connectivity index (χ1n) is 13.0. The highest BCUT2D eigenvalue weighted by Gasteiger charge is 2.37. The standard InChI is InChI=1S/C29H37NO6/c1-19(2)15-23(29(33)34-17-20-9-5-3-6-10-20)30-28(32)26(27(31)21-11-7-4-8-12-21)22-13-14-24-25(16-22)36-18-35-24/h3,5-6,9-10,13-14,16,19,21,23,26-27,31H,4,7-8,11-12,15,17-18H2,1-2H3,(H,30,32)/t23-,26?,27?/m0/s1. The van der Waals surface area contributed by atoms with Crippen molar-refractivity contribution < 1.29 is 28.9 Å². The molecule has 0 radical (unpaired) electrons. The summed E-state index contributed by atoms with van der Waals surface area (Å²) in [6.07, 6.45) is 4.55. The Morgan fingerprint density at radius 1 is 1.03 bits per heavy atom. The van der Waals surface area contributed by atoms with E-state index in [1.54, 1.807) is 18.2 Å². The van der Waals surface area contributed by atoms with Crippen molar-refractivity contribution in [2.24, 2.45) is 11.8 Å². The Morgan fingerprint density at radius 2 is 1.75 bits per heavy atom. The molecular formula is C29H37NO6. The maximum Gasteiger partial charge on any atom is 0.328 e. The van der Waals surface area contributed by atoms with Gasteiger partial charge in [-0.1, -0.05) is 69.5 Å². The quantitative estimate of drug-likeness (QED) is 0.464. The maximum absolute atomic E-state index is 13.7. The smallest absolute Gasteiger partial charge is 0.328 e. The van der Waals surface area contributed by atoms with Crippen LogP contribution in [0.5, 0.6) is 11.5 Å². The zero-order valence-corrected chi connectivity index (χ0v) is 21.2. The predicted octanol–water partition coefficient (Wildman–Crippen LogP) is 4.71. The molecule has 36 heavy (non-hydrogen) atoms. The van der Waals surface area contributed by atoms with Gasteiger partial charge >= 0.3 is 5.97 Å². The number of aliphatic hydroxyl groups is 1. The third kappa shape index (κ3) is 6.58. The molecule has 2 unspecified atom stereocenters. The van der Waals surface area contributed by atoms with Crippen molar-refractivity contribution in [2.45, 2.75) is 77.0 Å². The van der Waals surface area contributed by atoms with Gasteiger partial charge in [0.2, 0.25) is 12.7 Å². The summed E-state index contributed by atoms with van der Waals surface area (Å²) >= 11 is 0. The monoisotopic (exact) mass is 495 g/mol. The molecule has 194 valence electrons. The number of esters is 1. The summed E-state index contributed by atoms with van der Waals surface area (Å²) in [4.78, 5) is 26.8. The second kappa shape index (κ2) is 12.3. The minimum absolute atomic E-state index is 0.0218. The molecule has 3 atom stereocenters. The van der Waals surface area contributed by atoms with Crippen LogP contribution < -0.4 is 14.8 Å². The molecule has 0 spiro atoms. The zero-order valence-electron chi connectivity index (χ0n) is 21.2. The van der Waals surface area contributed by atoms with Crippen molar-refractivity contribution in [1.82, 2.24) is 5.32 Å². The second-order valence-corrected chi connectivity index (χ2v) is 10.3. The summed E-state index contributed by atoms with van der Waals surface area (Å²) in [5, 5.41) is 14.4. The van der Waals surface area contributed by atoms with Gasteiger partial charge in [0.05, 0.1) is 12.0 Å². The summed E-state index contributed by atoms with van der Waals surface area (Å²) in [5.41, 5.74) is 1.53. The molecule has 1 heterocycles. The Hall–Kier alpha value is -3.06. The molecule has 2 N–H and O–H groups in total. The van der Waals surface area contributed by atoms with Gasteiger partial charge in [0.1, 0.15) is 12.6 Å². The van der Waals surface area contributed by atoms with Crippen molar-refractivity contribution in [3.8, 4) is 11.5 Å². The highest BCUT2D eigenvalue weighted by Crippen LogP contribution is 2.39. The number of amides is 1. The third-order valence-corrected chi connectivity index (χ3v) is 7.04. The second-order valence-electron chi connectivity index (χ2n) is 10.3. The Balaban J connectivity index is 1.53. The highest BCUT2D eigenvalue weighted by molar-refractivity contribution is 5.89. The van der Waals surface area contributed by atoms with Crippen LogP contribution in [0.1, 0.15) is 69.4 Å². The molecule has 1 aliphatic carbocycles. The van der Waals surface area contributed by atoms with E-state index in [2.05, 4.69) is 5.32 Å². The van der Waals surface area contributed by atoms with Gasteiger partial charge in [0, 0.05) is 0 Å². The van der Waals surface area contributed by atoms with E-state index in [0.717, 1.165) is 37.7 Å². The number of ether oxygens (including phenoxy) is 3. The third-order valence-electron chi connectivity index (χ3n) is 7.04. The van der Waals surface area contributed by atoms with E-state index in [0.29, 0.717) is 23.5 Å². The van der Waals surface area contributed by atoms with Crippen LogP contribution in [0, 0.1) is 11.8 Å². The molecule has 7 heteroatoms. The van der Waals surface area contributed by atoms with Crippen molar-refractivity contribution in [3.05, 3.63) is 59.7 Å². The molecule has 2 aliphatic rings. The fourth-order valence-corrected chi connectivity index (χ4v) is 5.13. The zero-order chi connectivity index (χ0) is 25.5. The number of carbonyl (C=O) groups is 2. The van der Waals surface area contributed by atoms with Crippen LogP contribution in [0.15, 0.2) is 48.5 Å². The van der Waals surface area contributed by atoms with Gasteiger partial charge in [-0.05, 0) is 54.4 Å². The van der Waals surface area contributed by atoms with E-state index in [4.69, 9.17) is 14.2 Å². The van der Waals surface area contributed by atoms with Crippen molar-refractivity contribution in [3.63, 3.8) is 0 Å². The number of aliphatic hydroxyl groups excluding tert-OH is 1. The number of rotatable bonds is 10. The topological polar surface area (TPSA) is 94.1 Å².